The number of nitrogens with zero attached hydrogens (tertiary/aromatic N) is 3. The van der Waals surface area contributed by atoms with E-state index in [0.717, 1.165) is 58.2 Å². The Morgan fingerprint density at radius 3 is 1.68 bits per heavy atom. The molecule has 218 valence electrons. The number of hydrogen-bond acceptors (Lipinski definition) is 3. The molecule has 0 aliphatic rings. The summed E-state index contributed by atoms with van der Waals surface area (Å²) in [4.78, 5) is 10.2. The van der Waals surface area contributed by atoms with Crippen LogP contribution in [0, 0.1) is 0 Å². The zero-order valence-corrected chi connectivity index (χ0v) is 26.4. The molecule has 0 aromatic heterocycles. The largest absolute Gasteiger partial charge is 0.309 e. The van der Waals surface area contributed by atoms with Crippen molar-refractivity contribution in [2.24, 2.45) is 4.99 Å². The van der Waals surface area contributed by atoms with E-state index in [1.54, 1.807) is 0 Å². The number of hydrogen-bond donors (Lipinski definition) is 0. The Balaban J connectivity index is 1.84. The first-order chi connectivity index (χ1) is 19.8. The zero-order valence-electron chi connectivity index (χ0n) is 26.4. The molecule has 2 unspecified atom stereocenters. The van der Waals surface area contributed by atoms with Gasteiger partial charge in [-0.25, -0.2) is 0 Å². The monoisotopic (exact) mass is 549 g/mol. The Hall–Kier alpha value is -3.01. The van der Waals surface area contributed by atoms with Crippen LogP contribution in [-0.2, 0) is 10.8 Å². The maximum Gasteiger partial charge on any atom is 0.0483 e. The maximum absolute atomic E-state index is 5.51. The Labute approximate surface area is 249 Å². The topological polar surface area (TPSA) is 18.8 Å². The summed E-state index contributed by atoms with van der Waals surface area (Å²) in [6, 6.07) is 31.5. The van der Waals surface area contributed by atoms with Crippen molar-refractivity contribution < 1.29 is 0 Å². The Bertz CT molecular complexity index is 1410. The summed E-state index contributed by atoms with van der Waals surface area (Å²) in [5, 5.41) is 5.36. The van der Waals surface area contributed by atoms with Crippen molar-refractivity contribution in [2.75, 3.05) is 47.8 Å². The smallest absolute Gasteiger partial charge is 0.0483 e. The second kappa shape index (κ2) is 14.2. The van der Waals surface area contributed by atoms with Gasteiger partial charge in [0.25, 0.3) is 0 Å². The molecule has 3 nitrogen and oxygen atoms in total. The molecule has 0 heterocycles. The van der Waals surface area contributed by atoms with Crippen LogP contribution in [0.25, 0.3) is 21.5 Å². The van der Waals surface area contributed by atoms with Gasteiger partial charge in [0, 0.05) is 23.6 Å². The molecule has 0 amide bonds. The summed E-state index contributed by atoms with van der Waals surface area (Å²) in [6.07, 6.45) is 8.99. The Morgan fingerprint density at radius 2 is 1.10 bits per heavy atom. The van der Waals surface area contributed by atoms with Gasteiger partial charge in [-0.3, -0.25) is 4.99 Å². The lowest BCUT2D eigenvalue weighted by molar-refractivity contribution is 0.301. The minimum absolute atomic E-state index is 0.0192. The first-order valence-electron chi connectivity index (χ1n) is 15.6. The van der Waals surface area contributed by atoms with Gasteiger partial charge in [-0.15, -0.1) is 0 Å². The third kappa shape index (κ3) is 7.26. The minimum atomic E-state index is -0.113. The van der Waals surface area contributed by atoms with Crippen molar-refractivity contribution in [3.8, 4) is 0 Å². The fourth-order valence-corrected chi connectivity index (χ4v) is 6.76. The molecular weight excluding hydrogens is 498 g/mol. The third-order valence-electron chi connectivity index (χ3n) is 8.89. The first-order valence-corrected chi connectivity index (χ1v) is 15.6. The van der Waals surface area contributed by atoms with Crippen molar-refractivity contribution >= 4 is 27.8 Å². The fourth-order valence-electron chi connectivity index (χ4n) is 6.76. The van der Waals surface area contributed by atoms with E-state index >= 15 is 0 Å². The normalized spacial score (nSPS) is 15.2. The van der Waals surface area contributed by atoms with Gasteiger partial charge in [0.15, 0.2) is 0 Å². The lowest BCUT2D eigenvalue weighted by atomic mass is 9.71. The third-order valence-corrected chi connectivity index (χ3v) is 8.89. The summed E-state index contributed by atoms with van der Waals surface area (Å²) in [7, 11) is 8.75. The van der Waals surface area contributed by atoms with E-state index in [4.69, 9.17) is 4.99 Å². The highest BCUT2D eigenvalue weighted by Gasteiger charge is 2.35. The van der Waals surface area contributed by atoms with E-state index in [1.165, 1.54) is 32.7 Å². The van der Waals surface area contributed by atoms with Crippen LogP contribution in [0.15, 0.2) is 89.9 Å². The van der Waals surface area contributed by atoms with Gasteiger partial charge in [-0.1, -0.05) is 112 Å². The zero-order chi connectivity index (χ0) is 29.3. The predicted molar refractivity (Wildman–Crippen MR) is 181 cm³/mol. The summed E-state index contributed by atoms with van der Waals surface area (Å²) in [5.41, 5.74) is 2.74. The van der Waals surface area contributed by atoms with E-state index in [2.05, 4.69) is 143 Å². The molecule has 0 N–H and O–H groups in total. The van der Waals surface area contributed by atoms with Gasteiger partial charge in [0.05, 0.1) is 0 Å². The second-order valence-corrected chi connectivity index (χ2v) is 12.6. The highest BCUT2D eigenvalue weighted by atomic mass is 15.1. The molecule has 41 heavy (non-hydrogen) atoms. The number of rotatable bonds is 15. The molecule has 3 heteroatoms. The molecule has 0 aliphatic carbocycles. The Morgan fingerprint density at radius 1 is 0.585 bits per heavy atom. The van der Waals surface area contributed by atoms with Crippen LogP contribution in [0.4, 0.5) is 0 Å². The molecule has 0 fully saturated rings. The van der Waals surface area contributed by atoms with Crippen LogP contribution < -0.4 is 0 Å². The predicted octanol–water partition coefficient (Wildman–Crippen LogP) is 8.74. The quantitative estimate of drug-likeness (QED) is 0.138. The molecule has 2 atom stereocenters. The number of benzene rings is 4. The van der Waals surface area contributed by atoms with E-state index < -0.39 is 0 Å². The van der Waals surface area contributed by atoms with Gasteiger partial charge in [0.2, 0.25) is 0 Å². The summed E-state index contributed by atoms with van der Waals surface area (Å²) < 4.78 is 0. The first kappa shape index (κ1) is 30.9. The molecule has 0 radical (unpaired) electrons. The molecule has 0 spiro atoms. The SMILES string of the molecule is CCCC(C=NCC(CCC)(CCN(C)C)c1cccc2ccccc12)(CCN(C)C)c1cccc2ccccc12. The molecule has 0 aliphatic heterocycles. The van der Waals surface area contributed by atoms with Crippen molar-refractivity contribution in [2.45, 2.75) is 63.2 Å². The molecule has 4 aromatic carbocycles. The molecule has 0 saturated heterocycles. The average molecular weight is 550 g/mol. The lowest BCUT2D eigenvalue weighted by Gasteiger charge is -2.37. The lowest BCUT2D eigenvalue weighted by Crippen LogP contribution is -2.36. The summed E-state index contributed by atoms with van der Waals surface area (Å²) in [5.74, 6) is 0. The van der Waals surface area contributed by atoms with Crippen molar-refractivity contribution in [1.82, 2.24) is 9.80 Å². The summed E-state index contributed by atoms with van der Waals surface area (Å²) >= 11 is 0. The number of fused-ring (bicyclic) bond motifs is 2. The van der Waals surface area contributed by atoms with Gasteiger partial charge in [-0.2, -0.15) is 0 Å². The summed E-state index contributed by atoms with van der Waals surface area (Å²) in [6.45, 7) is 7.52. The van der Waals surface area contributed by atoms with Gasteiger partial charge >= 0.3 is 0 Å². The molecule has 0 bridgehead atoms. The van der Waals surface area contributed by atoms with Crippen molar-refractivity contribution in [1.29, 1.82) is 0 Å². The fraction of sp³-hybridized carbons (Fsp3) is 0.447. The van der Waals surface area contributed by atoms with Crippen LogP contribution in [0.1, 0.15) is 63.5 Å². The standard InChI is InChI=1S/C38H51N3/c1-7-23-37(25-27-40(3)4,35-21-13-17-31-15-9-11-19-33(31)35)29-39-30-38(24-8-2,26-28-41(5)6)36-22-14-18-32-16-10-12-20-34(32)36/h9-22,29H,7-8,23-28,30H2,1-6H3. The van der Waals surface area contributed by atoms with E-state index in [9.17, 15) is 0 Å². The van der Waals surface area contributed by atoms with Crippen LogP contribution in [0.5, 0.6) is 0 Å². The van der Waals surface area contributed by atoms with Gasteiger partial charge in [-0.05, 0) is 99.6 Å². The average Bonchev–Trinajstić information content (AvgIpc) is 2.98. The second-order valence-electron chi connectivity index (χ2n) is 12.6. The van der Waals surface area contributed by atoms with E-state index in [-0.39, 0.29) is 10.8 Å². The van der Waals surface area contributed by atoms with E-state index in [1.807, 2.05) is 0 Å². The molecular formula is C38H51N3. The van der Waals surface area contributed by atoms with E-state index in [0.29, 0.717) is 0 Å². The van der Waals surface area contributed by atoms with Gasteiger partial charge in [0.1, 0.15) is 0 Å². The van der Waals surface area contributed by atoms with Gasteiger partial charge < -0.3 is 9.80 Å². The van der Waals surface area contributed by atoms with Crippen molar-refractivity contribution in [3.05, 3.63) is 96.1 Å². The van der Waals surface area contributed by atoms with Crippen molar-refractivity contribution in [3.63, 3.8) is 0 Å². The van der Waals surface area contributed by atoms with Crippen LogP contribution in [0.3, 0.4) is 0 Å². The Kier molecular flexibility index (Phi) is 10.8. The molecule has 4 rings (SSSR count). The number of aliphatic imine (C=N–C) groups is 1. The molecule has 4 aromatic rings. The maximum atomic E-state index is 5.51. The highest BCUT2D eigenvalue weighted by Crippen LogP contribution is 2.40. The van der Waals surface area contributed by atoms with Crippen LogP contribution in [-0.4, -0.2) is 63.8 Å². The van der Waals surface area contributed by atoms with Crippen LogP contribution in [0.2, 0.25) is 0 Å². The molecule has 0 saturated carbocycles. The minimum Gasteiger partial charge on any atom is -0.309 e. The highest BCUT2D eigenvalue weighted by molar-refractivity contribution is 5.91. The van der Waals surface area contributed by atoms with Crippen LogP contribution >= 0.6 is 0 Å².